The molecule has 1 aliphatic rings. The van der Waals surface area contributed by atoms with Crippen molar-refractivity contribution in [3.8, 4) is 0 Å². The zero-order valence-electron chi connectivity index (χ0n) is 10.5. The molecule has 0 aliphatic carbocycles. The van der Waals surface area contributed by atoms with Gasteiger partial charge in [-0.15, -0.1) is 0 Å². The summed E-state index contributed by atoms with van der Waals surface area (Å²) in [6, 6.07) is -0.283. The average molecular weight is 261 g/mol. The number of anilines is 2. The maximum absolute atomic E-state index is 11.8. The maximum Gasteiger partial charge on any atom is 0.242 e. The number of piperazine rings is 1. The van der Waals surface area contributed by atoms with Crippen molar-refractivity contribution in [3.05, 3.63) is 18.6 Å². The van der Waals surface area contributed by atoms with E-state index in [-0.39, 0.29) is 11.9 Å². The van der Waals surface area contributed by atoms with Crippen LogP contribution in [0.2, 0.25) is 0 Å². The molecule has 1 aliphatic heterocycles. The van der Waals surface area contributed by atoms with Gasteiger partial charge in [-0.25, -0.2) is 15.8 Å². The summed E-state index contributed by atoms with van der Waals surface area (Å²) in [4.78, 5) is 22.4. The third-order valence-corrected chi connectivity index (χ3v) is 3.28. The molecule has 0 radical (unpaired) electrons. The van der Waals surface area contributed by atoms with Crippen molar-refractivity contribution in [3.63, 3.8) is 0 Å². The zero-order valence-corrected chi connectivity index (χ0v) is 10.5. The second-order valence-corrected chi connectivity index (χ2v) is 4.41. The van der Waals surface area contributed by atoms with Crippen molar-refractivity contribution in [1.29, 1.82) is 0 Å². The lowest BCUT2D eigenvalue weighted by Crippen LogP contribution is -2.54. The lowest BCUT2D eigenvalue weighted by molar-refractivity contribution is -0.122. The molecule has 8 nitrogen and oxygen atoms in total. The summed E-state index contributed by atoms with van der Waals surface area (Å²) in [6.45, 7) is 3.13. The molecule has 3 heterocycles. The van der Waals surface area contributed by atoms with Crippen LogP contribution in [-0.4, -0.2) is 39.4 Å². The standard InChI is InChI=1S/C11H15N7O/c1-7-11(19)14-3-5-18(7)10-9-13-2-4-17(9)6-8(15-10)16-12/h2,4,6-7,16H,3,5,12H2,1H3,(H,14,19). The second kappa shape index (κ2) is 4.39. The first-order valence-electron chi connectivity index (χ1n) is 6.05. The number of nitrogens with two attached hydrogens (primary N) is 1. The highest BCUT2D eigenvalue weighted by Crippen LogP contribution is 2.23. The molecule has 1 amide bonds. The Morgan fingerprint density at radius 3 is 3.21 bits per heavy atom. The van der Waals surface area contributed by atoms with Crippen molar-refractivity contribution < 1.29 is 4.79 Å². The first-order valence-corrected chi connectivity index (χ1v) is 6.05. The van der Waals surface area contributed by atoms with E-state index in [1.54, 1.807) is 12.4 Å². The Morgan fingerprint density at radius 1 is 1.58 bits per heavy atom. The summed E-state index contributed by atoms with van der Waals surface area (Å²) in [6.07, 6.45) is 5.26. The van der Waals surface area contributed by atoms with Gasteiger partial charge in [0, 0.05) is 25.5 Å². The molecule has 19 heavy (non-hydrogen) atoms. The molecule has 2 aromatic rings. The third kappa shape index (κ3) is 1.85. The van der Waals surface area contributed by atoms with Gasteiger partial charge in [0.15, 0.2) is 17.3 Å². The quantitative estimate of drug-likeness (QED) is 0.490. The zero-order chi connectivity index (χ0) is 13.4. The third-order valence-electron chi connectivity index (χ3n) is 3.28. The van der Waals surface area contributed by atoms with Gasteiger partial charge in [0.2, 0.25) is 5.91 Å². The van der Waals surface area contributed by atoms with E-state index in [1.807, 2.05) is 22.4 Å². The van der Waals surface area contributed by atoms with E-state index in [4.69, 9.17) is 5.84 Å². The molecule has 1 fully saturated rings. The number of carbonyl (C=O) groups excluding carboxylic acids is 1. The largest absolute Gasteiger partial charge is 0.353 e. The number of rotatable bonds is 2. The van der Waals surface area contributed by atoms with Crippen molar-refractivity contribution >= 4 is 23.2 Å². The number of hydrazine groups is 1. The van der Waals surface area contributed by atoms with E-state index in [2.05, 4.69) is 20.7 Å². The van der Waals surface area contributed by atoms with Gasteiger partial charge in [-0.1, -0.05) is 0 Å². The second-order valence-electron chi connectivity index (χ2n) is 4.41. The minimum atomic E-state index is -0.283. The van der Waals surface area contributed by atoms with Crippen molar-refractivity contribution in [2.24, 2.45) is 5.84 Å². The van der Waals surface area contributed by atoms with Crippen LogP contribution in [-0.2, 0) is 4.79 Å². The summed E-state index contributed by atoms with van der Waals surface area (Å²) in [5, 5.41) is 2.83. The maximum atomic E-state index is 11.8. The van der Waals surface area contributed by atoms with Crippen LogP contribution in [0.3, 0.4) is 0 Å². The summed E-state index contributed by atoms with van der Waals surface area (Å²) < 4.78 is 1.83. The normalized spacial score (nSPS) is 19.6. The van der Waals surface area contributed by atoms with Gasteiger partial charge in [0.05, 0.1) is 6.20 Å². The fourth-order valence-electron chi connectivity index (χ4n) is 2.25. The number of hydrogen-bond acceptors (Lipinski definition) is 6. The molecule has 0 aromatic carbocycles. The van der Waals surface area contributed by atoms with E-state index in [9.17, 15) is 4.79 Å². The van der Waals surface area contributed by atoms with Gasteiger partial charge >= 0.3 is 0 Å². The molecule has 0 saturated carbocycles. The van der Waals surface area contributed by atoms with Gasteiger partial charge in [-0.2, -0.15) is 0 Å². The number of carbonyl (C=O) groups is 1. The molecular formula is C11H15N7O. The molecule has 2 aromatic heterocycles. The van der Waals surface area contributed by atoms with Crippen molar-refractivity contribution in [1.82, 2.24) is 19.7 Å². The topological polar surface area (TPSA) is 101 Å². The van der Waals surface area contributed by atoms with Crippen molar-refractivity contribution in [2.45, 2.75) is 13.0 Å². The monoisotopic (exact) mass is 261 g/mol. The molecule has 4 N–H and O–H groups in total. The lowest BCUT2D eigenvalue weighted by atomic mass is 10.2. The number of nitrogens with zero attached hydrogens (tertiary/aromatic N) is 4. The van der Waals surface area contributed by atoms with Crippen molar-refractivity contribution in [2.75, 3.05) is 23.4 Å². The summed E-state index contributed by atoms with van der Waals surface area (Å²) in [5.74, 6) is 6.60. The van der Waals surface area contributed by atoms with Crippen LogP contribution in [0.15, 0.2) is 18.6 Å². The SMILES string of the molecule is CC1C(=O)NCCN1c1nc(NN)cn2ccnc12. The van der Waals surface area contributed by atoms with E-state index in [0.29, 0.717) is 30.4 Å². The summed E-state index contributed by atoms with van der Waals surface area (Å²) in [7, 11) is 0. The highest BCUT2D eigenvalue weighted by Gasteiger charge is 2.28. The Balaban J connectivity index is 2.12. The first kappa shape index (κ1) is 11.7. The fraction of sp³-hybridized carbons (Fsp3) is 0.364. The minimum Gasteiger partial charge on any atom is -0.353 e. The van der Waals surface area contributed by atoms with Gasteiger partial charge in [0.1, 0.15) is 6.04 Å². The molecule has 100 valence electrons. The number of amides is 1. The number of hydrogen-bond donors (Lipinski definition) is 3. The van der Waals surface area contributed by atoms with Crippen LogP contribution >= 0.6 is 0 Å². The lowest BCUT2D eigenvalue weighted by Gasteiger charge is -2.33. The molecule has 8 heteroatoms. The number of fused-ring (bicyclic) bond motifs is 1. The Bertz CT molecular complexity index is 623. The predicted octanol–water partition coefficient (Wildman–Crippen LogP) is -0.660. The van der Waals surface area contributed by atoms with Gasteiger partial charge in [-0.3, -0.25) is 4.79 Å². The minimum absolute atomic E-state index is 0.0103. The fourth-order valence-corrected chi connectivity index (χ4v) is 2.25. The number of nitrogens with one attached hydrogen (secondary N) is 2. The first-order chi connectivity index (χ1) is 9.20. The Morgan fingerprint density at radius 2 is 2.42 bits per heavy atom. The van der Waals surface area contributed by atoms with Crippen LogP contribution in [0.25, 0.3) is 5.65 Å². The molecule has 1 unspecified atom stereocenters. The molecule has 0 bridgehead atoms. The van der Waals surface area contributed by atoms with E-state index in [1.165, 1.54) is 0 Å². The average Bonchev–Trinajstić information content (AvgIpc) is 2.89. The molecule has 0 spiro atoms. The molecular weight excluding hydrogens is 246 g/mol. The van der Waals surface area contributed by atoms with Crippen LogP contribution in [0, 0.1) is 0 Å². The van der Waals surface area contributed by atoms with Gasteiger partial charge in [0.25, 0.3) is 0 Å². The van der Waals surface area contributed by atoms with E-state index in [0.717, 1.165) is 0 Å². The Kier molecular flexibility index (Phi) is 2.71. The highest BCUT2D eigenvalue weighted by molar-refractivity contribution is 5.87. The smallest absolute Gasteiger partial charge is 0.242 e. The van der Waals surface area contributed by atoms with Crippen LogP contribution in [0.4, 0.5) is 11.6 Å². The summed E-state index contributed by atoms with van der Waals surface area (Å²) >= 11 is 0. The Labute approximate surface area is 109 Å². The Hall–Kier alpha value is -2.35. The predicted molar refractivity (Wildman–Crippen MR) is 70.6 cm³/mol. The van der Waals surface area contributed by atoms with Gasteiger partial charge < -0.3 is 20.0 Å². The van der Waals surface area contributed by atoms with Gasteiger partial charge in [-0.05, 0) is 6.92 Å². The molecule has 3 rings (SSSR count). The molecule has 1 saturated heterocycles. The number of aromatic nitrogens is 3. The number of imidazole rings is 1. The van der Waals surface area contributed by atoms with Crippen LogP contribution < -0.4 is 21.5 Å². The van der Waals surface area contributed by atoms with E-state index < -0.39 is 0 Å². The summed E-state index contributed by atoms with van der Waals surface area (Å²) in [5.41, 5.74) is 3.24. The molecule has 1 atom stereocenters. The number of nitrogen functional groups attached to an aromatic ring is 1. The van der Waals surface area contributed by atoms with Crippen LogP contribution in [0.5, 0.6) is 0 Å². The van der Waals surface area contributed by atoms with Crippen LogP contribution in [0.1, 0.15) is 6.92 Å². The van der Waals surface area contributed by atoms with E-state index >= 15 is 0 Å². The highest BCUT2D eigenvalue weighted by atomic mass is 16.2.